The van der Waals surface area contributed by atoms with Crippen LogP contribution in [0.2, 0.25) is 0 Å². The molecule has 35 heavy (non-hydrogen) atoms. The van der Waals surface area contributed by atoms with Gasteiger partial charge in [0.2, 0.25) is 0 Å². The molecule has 0 saturated heterocycles. The third kappa shape index (κ3) is 14.8. The van der Waals surface area contributed by atoms with Crippen molar-refractivity contribution in [2.24, 2.45) is 0 Å². The Morgan fingerprint density at radius 2 is 1.34 bits per heavy atom. The first kappa shape index (κ1) is 30.9. The van der Waals surface area contributed by atoms with Crippen molar-refractivity contribution in [3.8, 4) is 0 Å². The van der Waals surface area contributed by atoms with Gasteiger partial charge in [0, 0.05) is 38.1 Å². The van der Waals surface area contributed by atoms with Gasteiger partial charge in [-0.2, -0.15) is 8.42 Å². The van der Waals surface area contributed by atoms with E-state index in [4.69, 9.17) is 4.55 Å². The molecular weight excluding hydrogens is 462 g/mol. The lowest BCUT2D eigenvalue weighted by atomic mass is 10.1. The van der Waals surface area contributed by atoms with Crippen molar-refractivity contribution in [2.45, 2.75) is 83.7 Å². The fraction of sp³-hybridized carbons (Fsp3) is 0.593. The molecule has 0 atom stereocenters. The number of hydrogen-bond donors (Lipinski definition) is 1. The zero-order valence-electron chi connectivity index (χ0n) is 22.0. The maximum Gasteiger partial charge on any atom is 0.397 e. The Balaban J connectivity index is 0.000000315. The van der Waals surface area contributed by atoms with E-state index >= 15 is 0 Å². The van der Waals surface area contributed by atoms with Crippen molar-refractivity contribution in [3.63, 3.8) is 0 Å². The van der Waals surface area contributed by atoms with Gasteiger partial charge in [-0.3, -0.25) is 13.7 Å². The quantitative estimate of drug-likeness (QED) is 0.255. The van der Waals surface area contributed by atoms with Crippen LogP contribution in [0.15, 0.2) is 55.0 Å². The molecule has 3 rings (SSSR count). The second-order valence-electron chi connectivity index (χ2n) is 8.87. The average Bonchev–Trinajstić information content (AvgIpc) is 3.18. The van der Waals surface area contributed by atoms with E-state index in [0.29, 0.717) is 6.17 Å². The SMILES string of the molecule is CCCCCCCCCCCCC1N(C)C=CN1C.COS(=O)(=O)O.c1ccc2ncccc2c1. The van der Waals surface area contributed by atoms with Gasteiger partial charge in [0.25, 0.3) is 0 Å². The van der Waals surface area contributed by atoms with Crippen molar-refractivity contribution < 1.29 is 17.2 Å². The number of benzene rings is 1. The van der Waals surface area contributed by atoms with Gasteiger partial charge in [-0.1, -0.05) is 89.0 Å². The molecule has 0 spiro atoms. The maximum atomic E-state index is 9.33. The number of aromatic nitrogens is 1. The molecule has 198 valence electrons. The first-order valence-corrected chi connectivity index (χ1v) is 14.1. The summed E-state index contributed by atoms with van der Waals surface area (Å²) < 4.78 is 29.7. The number of para-hydroxylation sites is 1. The Morgan fingerprint density at radius 3 is 1.86 bits per heavy atom. The molecule has 0 aliphatic carbocycles. The minimum absolute atomic E-state index is 0.606. The maximum absolute atomic E-state index is 9.33. The number of fused-ring (bicyclic) bond motifs is 1. The van der Waals surface area contributed by atoms with Gasteiger partial charge in [0.05, 0.1) is 12.6 Å². The summed E-state index contributed by atoms with van der Waals surface area (Å²) in [5.41, 5.74) is 1.06. The van der Waals surface area contributed by atoms with Gasteiger partial charge in [0.15, 0.2) is 0 Å². The fourth-order valence-electron chi connectivity index (χ4n) is 3.93. The molecule has 1 aromatic carbocycles. The lowest BCUT2D eigenvalue weighted by Gasteiger charge is -2.27. The Labute approximate surface area is 213 Å². The molecule has 1 aromatic heterocycles. The molecule has 2 heterocycles. The van der Waals surface area contributed by atoms with Crippen LogP contribution in [-0.2, 0) is 14.6 Å². The van der Waals surface area contributed by atoms with Gasteiger partial charge >= 0.3 is 10.4 Å². The van der Waals surface area contributed by atoms with E-state index in [1.54, 1.807) is 0 Å². The van der Waals surface area contributed by atoms with Crippen LogP contribution in [0.4, 0.5) is 0 Å². The minimum Gasteiger partial charge on any atom is -0.359 e. The molecule has 0 fully saturated rings. The van der Waals surface area contributed by atoms with Gasteiger partial charge in [0.1, 0.15) is 6.17 Å². The Bertz CT molecular complexity index is 859. The number of pyridine rings is 1. The Morgan fingerprint density at radius 1 is 0.857 bits per heavy atom. The van der Waals surface area contributed by atoms with Crippen molar-refractivity contribution in [1.29, 1.82) is 0 Å². The molecule has 8 heteroatoms. The summed E-state index contributed by atoms with van der Waals surface area (Å²) >= 11 is 0. The van der Waals surface area contributed by atoms with E-state index in [9.17, 15) is 8.42 Å². The van der Waals surface area contributed by atoms with Crippen LogP contribution >= 0.6 is 0 Å². The topological polar surface area (TPSA) is 83.0 Å². The normalized spacial score (nSPS) is 13.4. The first-order valence-electron chi connectivity index (χ1n) is 12.7. The summed E-state index contributed by atoms with van der Waals surface area (Å²) in [6.07, 6.45) is 22.3. The minimum atomic E-state index is -4.16. The number of nitrogens with zero attached hydrogens (tertiary/aromatic N) is 3. The van der Waals surface area contributed by atoms with Crippen LogP contribution < -0.4 is 0 Å². The van der Waals surface area contributed by atoms with Crippen LogP contribution in [0.1, 0.15) is 77.6 Å². The van der Waals surface area contributed by atoms with Gasteiger partial charge < -0.3 is 9.80 Å². The van der Waals surface area contributed by atoms with Gasteiger partial charge in [-0.25, -0.2) is 0 Å². The average molecular weight is 508 g/mol. The van der Waals surface area contributed by atoms with E-state index in [1.165, 1.54) is 76.0 Å². The number of unbranched alkanes of at least 4 members (excludes halogenated alkanes) is 9. The highest BCUT2D eigenvalue weighted by Crippen LogP contribution is 2.18. The molecule has 0 unspecified atom stereocenters. The van der Waals surface area contributed by atoms with E-state index in [2.05, 4.69) is 64.5 Å². The lowest BCUT2D eigenvalue weighted by Crippen LogP contribution is -2.33. The molecule has 2 aromatic rings. The molecule has 0 bridgehead atoms. The monoisotopic (exact) mass is 507 g/mol. The van der Waals surface area contributed by atoms with Gasteiger partial charge in [-0.15, -0.1) is 0 Å². The van der Waals surface area contributed by atoms with E-state index in [0.717, 1.165) is 12.6 Å². The number of hydrogen-bond acceptors (Lipinski definition) is 6. The Hall–Kier alpha value is -2.16. The van der Waals surface area contributed by atoms with Crippen LogP contribution in [0.5, 0.6) is 0 Å². The van der Waals surface area contributed by atoms with Crippen molar-refractivity contribution in [1.82, 2.24) is 14.8 Å². The molecule has 1 aliphatic rings. The molecule has 0 saturated carbocycles. The van der Waals surface area contributed by atoms with E-state index < -0.39 is 10.4 Å². The van der Waals surface area contributed by atoms with Crippen molar-refractivity contribution >= 4 is 21.3 Å². The predicted octanol–water partition coefficient (Wildman–Crippen LogP) is 6.64. The summed E-state index contributed by atoms with van der Waals surface area (Å²) in [5, 5.41) is 1.20. The first-order chi connectivity index (χ1) is 16.8. The molecule has 1 N–H and O–H groups in total. The molecular formula is C27H45N3O4S. The second-order valence-corrected chi connectivity index (χ2v) is 10.1. The van der Waals surface area contributed by atoms with Crippen molar-refractivity contribution in [2.75, 3.05) is 21.2 Å². The molecule has 0 amide bonds. The highest BCUT2D eigenvalue weighted by molar-refractivity contribution is 7.80. The second kappa shape index (κ2) is 18.2. The summed E-state index contributed by atoms with van der Waals surface area (Å²) in [6, 6.07) is 12.1. The molecule has 7 nitrogen and oxygen atoms in total. The van der Waals surface area contributed by atoms with Gasteiger partial charge in [-0.05, 0) is 25.0 Å². The lowest BCUT2D eigenvalue weighted by molar-refractivity contribution is 0.188. The molecule has 0 radical (unpaired) electrons. The zero-order chi connectivity index (χ0) is 25.9. The number of rotatable bonds is 12. The summed E-state index contributed by atoms with van der Waals surface area (Å²) in [4.78, 5) is 8.84. The smallest absolute Gasteiger partial charge is 0.359 e. The Kier molecular flexibility index (Phi) is 16.0. The standard InChI is InChI=1S/C17H34N2.C9H7N.CH4O4S/c1-4-5-6-7-8-9-10-11-12-13-14-17-18(2)15-16-19(17)3;1-2-6-9-8(4-1)5-3-7-10-9;1-5-6(2,3)4/h15-17H,4-14H2,1-3H3;1-7H;1H3,(H,2,3,4). The summed E-state index contributed by atoms with van der Waals surface area (Å²) in [5.74, 6) is 0. The summed E-state index contributed by atoms with van der Waals surface area (Å²) in [6.45, 7) is 2.29. The van der Waals surface area contributed by atoms with E-state index in [-0.39, 0.29) is 0 Å². The van der Waals surface area contributed by atoms with Crippen LogP contribution in [0, 0.1) is 0 Å². The largest absolute Gasteiger partial charge is 0.397 e. The predicted molar refractivity (Wildman–Crippen MR) is 145 cm³/mol. The highest BCUT2D eigenvalue weighted by atomic mass is 32.3. The fourth-order valence-corrected chi connectivity index (χ4v) is 3.93. The third-order valence-corrected chi connectivity index (χ3v) is 6.44. The molecule has 1 aliphatic heterocycles. The van der Waals surface area contributed by atoms with Crippen LogP contribution in [0.25, 0.3) is 10.9 Å². The van der Waals surface area contributed by atoms with Crippen molar-refractivity contribution in [3.05, 3.63) is 55.0 Å². The summed E-state index contributed by atoms with van der Waals surface area (Å²) in [7, 11) is 1.07. The van der Waals surface area contributed by atoms with Crippen LogP contribution in [-0.4, -0.2) is 55.1 Å². The van der Waals surface area contributed by atoms with E-state index in [1.807, 2.05) is 30.5 Å². The highest BCUT2D eigenvalue weighted by Gasteiger charge is 2.19. The third-order valence-electron chi connectivity index (χ3n) is 6.02. The van der Waals surface area contributed by atoms with Crippen LogP contribution in [0.3, 0.4) is 0 Å². The zero-order valence-corrected chi connectivity index (χ0v) is 22.8.